The van der Waals surface area contributed by atoms with E-state index < -0.39 is 0 Å². The summed E-state index contributed by atoms with van der Waals surface area (Å²) in [6.45, 7) is 3.11. The van der Waals surface area contributed by atoms with Crippen LogP contribution in [-0.2, 0) is 6.54 Å². The van der Waals surface area contributed by atoms with Gasteiger partial charge in [-0.3, -0.25) is 4.68 Å². The Balaban J connectivity index is 2.23. The Morgan fingerprint density at radius 1 is 1.53 bits per heavy atom. The fourth-order valence-corrected chi connectivity index (χ4v) is 3.80. The van der Waals surface area contributed by atoms with Crippen molar-refractivity contribution >= 4 is 31.9 Å². The molecule has 1 saturated carbocycles. The Morgan fingerprint density at radius 3 is 3.00 bits per heavy atom. The molecule has 2 unspecified atom stereocenters. The summed E-state index contributed by atoms with van der Waals surface area (Å²) < 4.78 is 3.30. The van der Waals surface area contributed by atoms with Crippen LogP contribution in [0.2, 0.25) is 0 Å². The summed E-state index contributed by atoms with van der Waals surface area (Å²) in [7, 11) is 0. The predicted molar refractivity (Wildman–Crippen MR) is 69.5 cm³/mol. The van der Waals surface area contributed by atoms with E-state index in [2.05, 4.69) is 48.6 Å². The summed E-state index contributed by atoms with van der Waals surface area (Å²) in [6, 6.07) is 0. The van der Waals surface area contributed by atoms with Crippen molar-refractivity contribution in [1.29, 1.82) is 0 Å². The Morgan fingerprint density at radius 2 is 2.33 bits per heavy atom. The average molecular weight is 336 g/mol. The van der Waals surface area contributed by atoms with Gasteiger partial charge in [-0.2, -0.15) is 5.10 Å². The van der Waals surface area contributed by atoms with Gasteiger partial charge in [0, 0.05) is 17.3 Å². The van der Waals surface area contributed by atoms with Crippen LogP contribution in [-0.4, -0.2) is 14.6 Å². The largest absolute Gasteiger partial charge is 0.268 e. The molecule has 0 spiro atoms. The van der Waals surface area contributed by atoms with Crippen molar-refractivity contribution in [3.63, 3.8) is 0 Å². The van der Waals surface area contributed by atoms with Crippen LogP contribution in [0.25, 0.3) is 0 Å². The topological polar surface area (TPSA) is 17.8 Å². The zero-order valence-corrected chi connectivity index (χ0v) is 12.1. The van der Waals surface area contributed by atoms with Crippen molar-refractivity contribution in [2.45, 2.75) is 49.9 Å². The highest BCUT2D eigenvalue weighted by molar-refractivity contribution is 9.10. The van der Waals surface area contributed by atoms with Gasteiger partial charge in [0.25, 0.3) is 0 Å². The van der Waals surface area contributed by atoms with E-state index in [0.29, 0.717) is 10.7 Å². The number of rotatable bonds is 2. The minimum absolute atomic E-state index is 0.667. The second-order valence-electron chi connectivity index (χ2n) is 4.15. The highest BCUT2D eigenvalue weighted by atomic mass is 79.9. The van der Waals surface area contributed by atoms with Crippen LogP contribution in [0, 0.1) is 0 Å². The van der Waals surface area contributed by atoms with E-state index in [1.807, 2.05) is 6.20 Å². The number of aryl methyl sites for hydroxylation is 1. The summed E-state index contributed by atoms with van der Waals surface area (Å²) in [4.78, 5) is 0.684. The third-order valence-corrected chi connectivity index (χ3v) is 4.57. The first-order chi connectivity index (χ1) is 7.22. The molecule has 0 amide bonds. The quantitative estimate of drug-likeness (QED) is 0.744. The summed E-state index contributed by atoms with van der Waals surface area (Å²) >= 11 is 7.36. The third kappa shape index (κ3) is 2.47. The van der Waals surface area contributed by atoms with Gasteiger partial charge >= 0.3 is 0 Å². The van der Waals surface area contributed by atoms with E-state index >= 15 is 0 Å². The van der Waals surface area contributed by atoms with Crippen LogP contribution in [0.15, 0.2) is 10.7 Å². The lowest BCUT2D eigenvalue weighted by Crippen LogP contribution is -2.17. The zero-order valence-electron chi connectivity index (χ0n) is 8.92. The molecular formula is C11H16Br2N2. The van der Waals surface area contributed by atoms with Crippen LogP contribution in [0.3, 0.4) is 0 Å². The first kappa shape index (κ1) is 11.6. The molecule has 1 aliphatic rings. The van der Waals surface area contributed by atoms with Crippen molar-refractivity contribution in [3.8, 4) is 0 Å². The molecule has 0 aliphatic heterocycles. The molecule has 0 aromatic carbocycles. The molecule has 2 rings (SSSR count). The molecule has 0 radical (unpaired) electrons. The molecule has 1 aliphatic carbocycles. The molecule has 15 heavy (non-hydrogen) atoms. The first-order valence-corrected chi connectivity index (χ1v) is 7.28. The van der Waals surface area contributed by atoms with Crippen molar-refractivity contribution in [1.82, 2.24) is 9.78 Å². The molecule has 1 heterocycles. The first-order valence-electron chi connectivity index (χ1n) is 5.57. The minimum Gasteiger partial charge on any atom is -0.268 e. The molecular weight excluding hydrogens is 320 g/mol. The van der Waals surface area contributed by atoms with E-state index in [1.54, 1.807) is 0 Å². The van der Waals surface area contributed by atoms with Gasteiger partial charge in [0.05, 0.1) is 16.4 Å². The number of halogens is 2. The molecule has 0 saturated heterocycles. The van der Waals surface area contributed by atoms with E-state index in [4.69, 9.17) is 0 Å². The summed E-state index contributed by atoms with van der Waals surface area (Å²) in [5.74, 6) is 0.667. The van der Waals surface area contributed by atoms with Crippen LogP contribution < -0.4 is 0 Å². The predicted octanol–water partition coefficient (Wildman–Crippen LogP) is 4.09. The smallest absolute Gasteiger partial charge is 0.0635 e. The van der Waals surface area contributed by atoms with E-state index in [-0.39, 0.29) is 0 Å². The maximum absolute atomic E-state index is 4.39. The lowest BCUT2D eigenvalue weighted by atomic mass is 9.87. The fourth-order valence-electron chi connectivity index (χ4n) is 2.41. The SMILES string of the molecule is CCn1ncc(Br)c1C1CCCC(Br)C1. The molecule has 1 aromatic heterocycles. The number of alkyl halides is 1. The second kappa shape index (κ2) is 5.00. The molecule has 0 bridgehead atoms. The van der Waals surface area contributed by atoms with Crippen molar-refractivity contribution in [3.05, 3.63) is 16.4 Å². The van der Waals surface area contributed by atoms with Gasteiger partial charge in [0.1, 0.15) is 0 Å². The highest BCUT2D eigenvalue weighted by Gasteiger charge is 2.25. The van der Waals surface area contributed by atoms with E-state index in [0.717, 1.165) is 6.54 Å². The molecule has 2 atom stereocenters. The van der Waals surface area contributed by atoms with Gasteiger partial charge in [-0.15, -0.1) is 0 Å². The summed E-state index contributed by atoms with van der Waals surface area (Å²) in [5.41, 5.74) is 1.39. The average Bonchev–Trinajstić information content (AvgIpc) is 2.59. The van der Waals surface area contributed by atoms with Crippen molar-refractivity contribution in [2.75, 3.05) is 0 Å². The number of hydrogen-bond acceptors (Lipinski definition) is 1. The van der Waals surface area contributed by atoms with Crippen LogP contribution >= 0.6 is 31.9 Å². The van der Waals surface area contributed by atoms with Gasteiger partial charge < -0.3 is 0 Å². The van der Waals surface area contributed by atoms with Crippen molar-refractivity contribution in [2.24, 2.45) is 0 Å². The maximum Gasteiger partial charge on any atom is 0.0635 e. The van der Waals surface area contributed by atoms with Gasteiger partial charge in [0.2, 0.25) is 0 Å². The molecule has 84 valence electrons. The lowest BCUT2D eigenvalue weighted by molar-refractivity contribution is 0.428. The van der Waals surface area contributed by atoms with Crippen LogP contribution in [0.1, 0.15) is 44.2 Å². The summed E-state index contributed by atoms with van der Waals surface area (Å²) in [5, 5.41) is 4.39. The Hall–Kier alpha value is 0.170. The number of aromatic nitrogens is 2. The van der Waals surface area contributed by atoms with E-state index in [9.17, 15) is 0 Å². The summed E-state index contributed by atoms with van der Waals surface area (Å²) in [6.07, 6.45) is 7.10. The third-order valence-electron chi connectivity index (χ3n) is 3.13. The fraction of sp³-hybridized carbons (Fsp3) is 0.727. The number of nitrogens with zero attached hydrogens (tertiary/aromatic N) is 2. The van der Waals surface area contributed by atoms with Gasteiger partial charge in [-0.25, -0.2) is 0 Å². The standard InChI is InChI=1S/C11H16Br2N2/c1-2-15-11(10(13)7-14-15)8-4-3-5-9(12)6-8/h7-9H,2-6H2,1H3. The Kier molecular flexibility index (Phi) is 3.88. The second-order valence-corrected chi connectivity index (χ2v) is 6.30. The molecule has 1 fully saturated rings. The molecule has 4 heteroatoms. The van der Waals surface area contributed by atoms with Gasteiger partial charge in [-0.05, 0) is 42.1 Å². The van der Waals surface area contributed by atoms with Gasteiger partial charge in [-0.1, -0.05) is 22.4 Å². The molecule has 0 N–H and O–H groups in total. The zero-order chi connectivity index (χ0) is 10.8. The minimum atomic E-state index is 0.667. The lowest BCUT2D eigenvalue weighted by Gasteiger charge is -2.26. The highest BCUT2D eigenvalue weighted by Crippen LogP contribution is 2.38. The Labute approximate surface area is 108 Å². The van der Waals surface area contributed by atoms with Crippen molar-refractivity contribution < 1.29 is 0 Å². The van der Waals surface area contributed by atoms with Crippen LogP contribution in [0.5, 0.6) is 0 Å². The van der Waals surface area contributed by atoms with Gasteiger partial charge in [0.15, 0.2) is 0 Å². The molecule has 1 aromatic rings. The Bertz CT molecular complexity index is 335. The normalized spacial score (nSPS) is 26.9. The van der Waals surface area contributed by atoms with E-state index in [1.165, 1.54) is 35.8 Å². The molecule has 2 nitrogen and oxygen atoms in total. The number of hydrogen-bond donors (Lipinski definition) is 0. The monoisotopic (exact) mass is 334 g/mol. The van der Waals surface area contributed by atoms with Crippen LogP contribution in [0.4, 0.5) is 0 Å². The maximum atomic E-state index is 4.39.